The average molecular weight is 265 g/mol. The minimum Gasteiger partial charge on any atom is -0.397 e. The van der Waals surface area contributed by atoms with Gasteiger partial charge in [-0.25, -0.2) is 0 Å². The molecule has 5 nitrogen and oxygen atoms in total. The molecule has 19 heavy (non-hydrogen) atoms. The van der Waals surface area contributed by atoms with E-state index < -0.39 is 0 Å². The van der Waals surface area contributed by atoms with Crippen LogP contribution in [0.4, 0.5) is 11.4 Å². The van der Waals surface area contributed by atoms with Crippen molar-refractivity contribution in [3.63, 3.8) is 0 Å². The number of nitrogens with one attached hydrogen (secondary N) is 2. The summed E-state index contributed by atoms with van der Waals surface area (Å²) in [6.45, 7) is 4.44. The van der Waals surface area contributed by atoms with Crippen molar-refractivity contribution in [2.45, 2.75) is 19.8 Å². The van der Waals surface area contributed by atoms with Gasteiger partial charge in [0.25, 0.3) is 5.91 Å². The van der Waals surface area contributed by atoms with E-state index in [1.54, 1.807) is 19.2 Å². The number of amides is 1. The third-order valence-corrected chi connectivity index (χ3v) is 2.67. The molecule has 0 bridgehead atoms. The Kier molecular flexibility index (Phi) is 6.74. The third kappa shape index (κ3) is 5.18. The molecule has 0 heterocycles. The van der Waals surface area contributed by atoms with E-state index in [-0.39, 0.29) is 5.91 Å². The maximum Gasteiger partial charge on any atom is 0.251 e. The highest BCUT2D eigenvalue weighted by Crippen LogP contribution is 2.19. The van der Waals surface area contributed by atoms with E-state index in [4.69, 9.17) is 10.5 Å². The highest BCUT2D eigenvalue weighted by Gasteiger charge is 2.05. The first-order valence-corrected chi connectivity index (χ1v) is 6.62. The highest BCUT2D eigenvalue weighted by atomic mass is 16.5. The Labute approximate surface area is 114 Å². The maximum atomic E-state index is 11.4. The standard InChI is InChI=1S/C14H23N3O2/c1-3-8-19-9-4-7-17-13-6-5-11(10-12(13)15)14(18)16-2/h5-6,10,17H,3-4,7-9,15H2,1-2H3,(H,16,18). The van der Waals surface area contributed by atoms with Crippen LogP contribution in [0, 0.1) is 0 Å². The van der Waals surface area contributed by atoms with Crippen molar-refractivity contribution in [1.82, 2.24) is 5.32 Å². The van der Waals surface area contributed by atoms with Gasteiger partial charge in [0.05, 0.1) is 11.4 Å². The fraction of sp³-hybridized carbons (Fsp3) is 0.500. The van der Waals surface area contributed by atoms with Gasteiger partial charge in [0.2, 0.25) is 0 Å². The lowest BCUT2D eigenvalue weighted by atomic mass is 10.1. The summed E-state index contributed by atoms with van der Waals surface area (Å²) >= 11 is 0. The molecule has 0 unspecified atom stereocenters. The molecular formula is C14H23N3O2. The molecule has 1 aromatic rings. The number of rotatable bonds is 8. The summed E-state index contributed by atoms with van der Waals surface area (Å²) in [6.07, 6.45) is 1.97. The van der Waals surface area contributed by atoms with Gasteiger partial charge in [-0.1, -0.05) is 6.92 Å². The predicted molar refractivity (Wildman–Crippen MR) is 78.5 cm³/mol. The molecule has 0 aliphatic rings. The normalized spacial score (nSPS) is 10.2. The highest BCUT2D eigenvalue weighted by molar-refractivity contribution is 5.95. The Morgan fingerprint density at radius 1 is 1.37 bits per heavy atom. The summed E-state index contributed by atoms with van der Waals surface area (Å²) in [6, 6.07) is 5.26. The van der Waals surface area contributed by atoms with E-state index in [9.17, 15) is 4.79 Å². The summed E-state index contributed by atoms with van der Waals surface area (Å²) < 4.78 is 5.39. The van der Waals surface area contributed by atoms with E-state index in [1.807, 2.05) is 6.07 Å². The minimum atomic E-state index is -0.133. The van der Waals surface area contributed by atoms with Crippen molar-refractivity contribution >= 4 is 17.3 Å². The molecule has 0 aliphatic heterocycles. The second kappa shape index (κ2) is 8.37. The van der Waals surface area contributed by atoms with E-state index in [2.05, 4.69) is 17.6 Å². The Morgan fingerprint density at radius 2 is 2.16 bits per heavy atom. The van der Waals surface area contributed by atoms with Crippen LogP contribution in [0.5, 0.6) is 0 Å². The first-order valence-electron chi connectivity index (χ1n) is 6.62. The van der Waals surface area contributed by atoms with E-state index in [0.29, 0.717) is 11.3 Å². The van der Waals surface area contributed by atoms with Gasteiger partial charge in [-0.05, 0) is 31.0 Å². The second-order valence-electron chi connectivity index (χ2n) is 4.27. The van der Waals surface area contributed by atoms with E-state index in [1.165, 1.54) is 0 Å². The molecule has 1 amide bonds. The number of anilines is 2. The first-order chi connectivity index (χ1) is 9.19. The van der Waals surface area contributed by atoms with Crippen molar-refractivity contribution in [3.8, 4) is 0 Å². The van der Waals surface area contributed by atoms with Crippen molar-refractivity contribution in [2.75, 3.05) is 37.9 Å². The lowest BCUT2D eigenvalue weighted by Gasteiger charge is -2.10. The Hall–Kier alpha value is -1.75. The topological polar surface area (TPSA) is 76.4 Å². The number of ether oxygens (including phenoxy) is 1. The van der Waals surface area contributed by atoms with Gasteiger partial charge in [0.1, 0.15) is 0 Å². The van der Waals surface area contributed by atoms with Crippen LogP contribution in [0.25, 0.3) is 0 Å². The van der Waals surface area contributed by atoms with Gasteiger partial charge in [-0.3, -0.25) is 4.79 Å². The first kappa shape index (κ1) is 15.3. The van der Waals surface area contributed by atoms with Gasteiger partial charge in [-0.2, -0.15) is 0 Å². The molecule has 106 valence electrons. The molecule has 0 saturated carbocycles. The molecule has 1 aromatic carbocycles. The molecule has 0 fully saturated rings. The molecule has 0 saturated heterocycles. The summed E-state index contributed by atoms with van der Waals surface area (Å²) in [5, 5.41) is 5.81. The maximum absolute atomic E-state index is 11.4. The largest absolute Gasteiger partial charge is 0.397 e. The smallest absolute Gasteiger partial charge is 0.251 e. The van der Waals surface area contributed by atoms with Gasteiger partial charge in [0, 0.05) is 32.4 Å². The van der Waals surface area contributed by atoms with Crippen LogP contribution in [0.3, 0.4) is 0 Å². The zero-order chi connectivity index (χ0) is 14.1. The SMILES string of the molecule is CCCOCCCNc1ccc(C(=O)NC)cc1N. The minimum absolute atomic E-state index is 0.133. The molecule has 1 rings (SSSR count). The fourth-order valence-electron chi connectivity index (χ4n) is 1.65. The van der Waals surface area contributed by atoms with Crippen molar-refractivity contribution in [3.05, 3.63) is 23.8 Å². The molecule has 4 N–H and O–H groups in total. The van der Waals surface area contributed by atoms with Crippen LogP contribution in [0.15, 0.2) is 18.2 Å². The number of nitrogen functional groups attached to an aromatic ring is 1. The monoisotopic (exact) mass is 265 g/mol. The van der Waals surface area contributed by atoms with Crippen LogP contribution in [0.1, 0.15) is 30.1 Å². The van der Waals surface area contributed by atoms with E-state index in [0.717, 1.165) is 38.3 Å². The van der Waals surface area contributed by atoms with Crippen LogP contribution >= 0.6 is 0 Å². The van der Waals surface area contributed by atoms with Gasteiger partial charge >= 0.3 is 0 Å². The average Bonchev–Trinajstić information content (AvgIpc) is 2.43. The second-order valence-corrected chi connectivity index (χ2v) is 4.27. The summed E-state index contributed by atoms with van der Waals surface area (Å²) in [5.41, 5.74) is 7.90. The van der Waals surface area contributed by atoms with Gasteiger partial charge < -0.3 is 21.1 Å². The van der Waals surface area contributed by atoms with Crippen LogP contribution < -0.4 is 16.4 Å². The van der Waals surface area contributed by atoms with Crippen molar-refractivity contribution in [1.29, 1.82) is 0 Å². The number of hydrogen-bond donors (Lipinski definition) is 3. The molecule has 0 spiro atoms. The Balaban J connectivity index is 2.40. The molecule has 0 aliphatic carbocycles. The van der Waals surface area contributed by atoms with Gasteiger partial charge in [0.15, 0.2) is 0 Å². The number of benzene rings is 1. The van der Waals surface area contributed by atoms with E-state index >= 15 is 0 Å². The fourth-order valence-corrected chi connectivity index (χ4v) is 1.65. The number of carbonyl (C=O) groups excluding carboxylic acids is 1. The molecule has 5 heteroatoms. The van der Waals surface area contributed by atoms with Crippen molar-refractivity contribution in [2.24, 2.45) is 0 Å². The lowest BCUT2D eigenvalue weighted by molar-refractivity contribution is 0.0963. The molecule has 0 aromatic heterocycles. The van der Waals surface area contributed by atoms with Crippen molar-refractivity contribution < 1.29 is 9.53 Å². The zero-order valence-electron chi connectivity index (χ0n) is 11.7. The van der Waals surface area contributed by atoms with Crippen LogP contribution in [0.2, 0.25) is 0 Å². The quantitative estimate of drug-likeness (QED) is 0.495. The van der Waals surface area contributed by atoms with Gasteiger partial charge in [-0.15, -0.1) is 0 Å². The van der Waals surface area contributed by atoms with Crippen LogP contribution in [-0.2, 0) is 4.74 Å². The summed E-state index contributed by atoms with van der Waals surface area (Å²) in [5.74, 6) is -0.133. The Morgan fingerprint density at radius 3 is 2.79 bits per heavy atom. The number of carbonyl (C=O) groups is 1. The molecule has 0 atom stereocenters. The molecule has 0 radical (unpaired) electrons. The van der Waals surface area contributed by atoms with Crippen LogP contribution in [-0.4, -0.2) is 32.7 Å². The third-order valence-electron chi connectivity index (χ3n) is 2.67. The Bertz CT molecular complexity index is 408. The number of hydrogen-bond acceptors (Lipinski definition) is 4. The molecular weight excluding hydrogens is 242 g/mol. The lowest BCUT2D eigenvalue weighted by Crippen LogP contribution is -2.18. The zero-order valence-corrected chi connectivity index (χ0v) is 11.7. The summed E-state index contributed by atoms with van der Waals surface area (Å²) in [4.78, 5) is 11.4. The summed E-state index contributed by atoms with van der Waals surface area (Å²) in [7, 11) is 1.60. The number of nitrogens with two attached hydrogens (primary N) is 1. The predicted octanol–water partition coefficient (Wildman–Crippen LogP) is 1.86.